The summed E-state index contributed by atoms with van der Waals surface area (Å²) >= 11 is 0. The Morgan fingerprint density at radius 3 is 2.12 bits per heavy atom. The van der Waals surface area contributed by atoms with E-state index in [4.69, 9.17) is 0 Å². The normalized spacial score (nSPS) is 18.6. The Labute approximate surface area is 170 Å². The summed E-state index contributed by atoms with van der Waals surface area (Å²) in [7, 11) is 0.304. The van der Waals surface area contributed by atoms with E-state index in [1.165, 1.54) is 0 Å². The Balaban J connectivity index is 0.00000625. The maximum Gasteiger partial charge on any atom is 0.511 e. The molecule has 0 aliphatic carbocycles. The molecule has 7 nitrogen and oxygen atoms in total. The summed E-state index contributed by atoms with van der Waals surface area (Å²) in [5.41, 5.74) is -5.36. The maximum atomic E-state index is 12.6. The van der Waals surface area contributed by atoms with Crippen LogP contribution >= 0.6 is 24.0 Å². The van der Waals surface area contributed by atoms with Crippen LogP contribution in [0.3, 0.4) is 0 Å². The van der Waals surface area contributed by atoms with Crippen molar-refractivity contribution >= 4 is 40.0 Å². The van der Waals surface area contributed by atoms with Crippen LogP contribution in [0.25, 0.3) is 0 Å². The van der Waals surface area contributed by atoms with E-state index in [9.17, 15) is 21.6 Å². The van der Waals surface area contributed by atoms with Crippen molar-refractivity contribution in [2.45, 2.75) is 43.8 Å². The standard InChI is InChI=1S/C14H28F3N5O2S.HI/c1-13(2,21(4)5)10-19-12(18-3)20-11-6-8-22(9-7-11)25(23,24)14(15,16)17;/h11H,6-10H2,1-5H3,(H2,18,19,20);1H. The van der Waals surface area contributed by atoms with Crippen molar-refractivity contribution < 1.29 is 21.6 Å². The molecule has 0 aromatic rings. The highest BCUT2D eigenvalue weighted by Gasteiger charge is 2.50. The van der Waals surface area contributed by atoms with Gasteiger partial charge in [0, 0.05) is 38.3 Å². The van der Waals surface area contributed by atoms with Crippen molar-refractivity contribution in [1.82, 2.24) is 19.8 Å². The van der Waals surface area contributed by atoms with Gasteiger partial charge in [0.25, 0.3) is 0 Å². The number of nitrogens with zero attached hydrogens (tertiary/aromatic N) is 3. The molecular formula is C14H29F3IN5O2S. The van der Waals surface area contributed by atoms with Crippen molar-refractivity contribution in [3.8, 4) is 0 Å². The van der Waals surface area contributed by atoms with Crippen molar-refractivity contribution in [3.63, 3.8) is 0 Å². The average Bonchev–Trinajstić information content (AvgIpc) is 2.50. The first-order chi connectivity index (χ1) is 11.3. The van der Waals surface area contributed by atoms with Gasteiger partial charge in [0.15, 0.2) is 5.96 Å². The predicted molar refractivity (Wildman–Crippen MR) is 107 cm³/mol. The van der Waals surface area contributed by atoms with Crippen molar-refractivity contribution in [3.05, 3.63) is 0 Å². The Morgan fingerprint density at radius 1 is 1.23 bits per heavy atom. The van der Waals surface area contributed by atoms with Gasteiger partial charge in [0.1, 0.15) is 0 Å². The minimum atomic E-state index is -5.25. The molecule has 0 bridgehead atoms. The zero-order chi connectivity index (χ0) is 19.5. The molecule has 0 saturated carbocycles. The molecule has 12 heteroatoms. The maximum absolute atomic E-state index is 12.6. The topological polar surface area (TPSA) is 77.0 Å². The number of alkyl halides is 3. The second kappa shape index (κ2) is 9.73. The summed E-state index contributed by atoms with van der Waals surface area (Å²) in [6, 6.07) is -0.131. The predicted octanol–water partition coefficient (Wildman–Crippen LogP) is 1.42. The first-order valence-corrected chi connectivity index (χ1v) is 9.46. The molecule has 0 spiro atoms. The van der Waals surface area contributed by atoms with Gasteiger partial charge in [0.2, 0.25) is 0 Å². The van der Waals surface area contributed by atoms with E-state index in [2.05, 4.69) is 34.4 Å². The van der Waals surface area contributed by atoms with Crippen LogP contribution in [0.2, 0.25) is 0 Å². The van der Waals surface area contributed by atoms with Crippen molar-refractivity contribution in [2.24, 2.45) is 4.99 Å². The second-order valence-electron chi connectivity index (χ2n) is 6.90. The minimum absolute atomic E-state index is 0. The van der Waals surface area contributed by atoms with Gasteiger partial charge < -0.3 is 15.5 Å². The molecule has 0 aromatic heterocycles. The lowest BCUT2D eigenvalue weighted by Gasteiger charge is -2.35. The van der Waals surface area contributed by atoms with Crippen LogP contribution in [-0.2, 0) is 10.0 Å². The fraction of sp³-hybridized carbons (Fsp3) is 0.929. The summed E-state index contributed by atoms with van der Waals surface area (Å²) in [5.74, 6) is 0.548. The monoisotopic (exact) mass is 515 g/mol. The molecular weight excluding hydrogens is 486 g/mol. The van der Waals surface area contributed by atoms with E-state index in [1.807, 2.05) is 14.1 Å². The quantitative estimate of drug-likeness (QED) is 0.329. The summed E-state index contributed by atoms with van der Waals surface area (Å²) in [6.07, 6.45) is 0.570. The summed E-state index contributed by atoms with van der Waals surface area (Å²) in [4.78, 5) is 6.18. The van der Waals surface area contributed by atoms with Crippen LogP contribution in [-0.4, -0.2) is 81.4 Å². The number of halogens is 4. The van der Waals surface area contributed by atoms with E-state index < -0.39 is 15.5 Å². The van der Waals surface area contributed by atoms with Crippen LogP contribution in [0, 0.1) is 0 Å². The highest BCUT2D eigenvalue weighted by Crippen LogP contribution is 2.28. The van der Waals surface area contributed by atoms with Gasteiger partial charge in [-0.2, -0.15) is 17.5 Å². The Bertz CT molecular complexity index is 574. The molecule has 156 valence electrons. The molecule has 0 atom stereocenters. The molecule has 0 amide bonds. The number of nitrogens with one attached hydrogen (secondary N) is 2. The third kappa shape index (κ3) is 6.68. The zero-order valence-corrected chi connectivity index (χ0v) is 18.9. The smallest absolute Gasteiger partial charge is 0.355 e. The van der Waals surface area contributed by atoms with Gasteiger partial charge in [-0.15, -0.1) is 24.0 Å². The number of hydrogen-bond donors (Lipinski definition) is 2. The largest absolute Gasteiger partial charge is 0.511 e. The number of sulfonamides is 1. The highest BCUT2D eigenvalue weighted by atomic mass is 127. The summed E-state index contributed by atoms with van der Waals surface area (Å²) in [6.45, 7) is 4.42. The van der Waals surface area contributed by atoms with Crippen LogP contribution in [0.15, 0.2) is 4.99 Å². The van der Waals surface area contributed by atoms with Gasteiger partial charge in [0.05, 0.1) is 0 Å². The lowest BCUT2D eigenvalue weighted by molar-refractivity contribution is -0.0494. The first kappa shape index (κ1) is 25.7. The Morgan fingerprint density at radius 2 is 1.73 bits per heavy atom. The third-order valence-electron chi connectivity index (χ3n) is 4.55. The second-order valence-corrected chi connectivity index (χ2v) is 8.83. The van der Waals surface area contributed by atoms with Gasteiger partial charge in [-0.1, -0.05) is 0 Å². The number of likely N-dealkylation sites (N-methyl/N-ethyl adjacent to an activating group) is 1. The SMILES string of the molecule is CN=C(NCC(C)(C)N(C)C)NC1CCN(S(=O)(=O)C(F)(F)F)CC1.I. The lowest BCUT2D eigenvalue weighted by Crippen LogP contribution is -2.54. The van der Waals surface area contributed by atoms with Gasteiger partial charge in [-0.3, -0.25) is 4.99 Å². The molecule has 0 aromatic carbocycles. The molecule has 1 saturated heterocycles. The molecule has 1 rings (SSSR count). The fourth-order valence-electron chi connectivity index (χ4n) is 2.23. The first-order valence-electron chi connectivity index (χ1n) is 8.02. The molecule has 26 heavy (non-hydrogen) atoms. The van der Waals surface area contributed by atoms with E-state index in [0.29, 0.717) is 16.8 Å². The number of rotatable bonds is 5. The molecule has 1 aliphatic rings. The molecule has 1 fully saturated rings. The lowest BCUT2D eigenvalue weighted by atomic mass is 10.0. The minimum Gasteiger partial charge on any atom is -0.355 e. The number of piperidine rings is 1. The van der Waals surface area contributed by atoms with Crippen LogP contribution in [0.5, 0.6) is 0 Å². The van der Waals surface area contributed by atoms with Gasteiger partial charge in [-0.25, -0.2) is 8.42 Å². The third-order valence-corrected chi connectivity index (χ3v) is 6.18. The molecule has 1 aliphatic heterocycles. The molecule has 1 heterocycles. The fourth-order valence-corrected chi connectivity index (χ4v) is 3.22. The average molecular weight is 515 g/mol. The van der Waals surface area contributed by atoms with Crippen molar-refractivity contribution in [2.75, 3.05) is 40.8 Å². The van der Waals surface area contributed by atoms with Gasteiger partial charge in [-0.05, 0) is 40.8 Å². The van der Waals surface area contributed by atoms with Crippen LogP contribution in [0.4, 0.5) is 13.2 Å². The van der Waals surface area contributed by atoms with Crippen LogP contribution < -0.4 is 10.6 Å². The van der Waals surface area contributed by atoms with Crippen molar-refractivity contribution in [1.29, 1.82) is 0 Å². The number of aliphatic imine (C=N–C) groups is 1. The summed E-state index contributed by atoms with van der Waals surface area (Å²) in [5, 5.41) is 6.33. The van der Waals surface area contributed by atoms with E-state index in [-0.39, 0.29) is 61.5 Å². The summed E-state index contributed by atoms with van der Waals surface area (Å²) < 4.78 is 61.1. The molecule has 0 radical (unpaired) electrons. The molecule has 0 unspecified atom stereocenters. The highest BCUT2D eigenvalue weighted by molar-refractivity contribution is 14.0. The zero-order valence-electron chi connectivity index (χ0n) is 15.7. The van der Waals surface area contributed by atoms with E-state index in [0.717, 1.165) is 0 Å². The number of guanidine groups is 1. The Kier molecular flexibility index (Phi) is 9.61. The van der Waals surface area contributed by atoms with Gasteiger partial charge >= 0.3 is 15.5 Å². The Hall–Kier alpha value is -0.340. The number of hydrogen-bond acceptors (Lipinski definition) is 4. The molecule has 2 N–H and O–H groups in total. The van der Waals surface area contributed by atoms with E-state index in [1.54, 1.807) is 7.05 Å². The van der Waals surface area contributed by atoms with Crippen LogP contribution in [0.1, 0.15) is 26.7 Å². The van der Waals surface area contributed by atoms with E-state index >= 15 is 0 Å².